The van der Waals surface area contributed by atoms with E-state index in [0.717, 1.165) is 25.9 Å². The highest BCUT2D eigenvalue weighted by Crippen LogP contribution is 2.40. The summed E-state index contributed by atoms with van der Waals surface area (Å²) in [6.07, 6.45) is -1.08. The molecule has 1 aliphatic heterocycles. The molecule has 1 amide bonds. The molecule has 1 saturated heterocycles. The third kappa shape index (κ3) is 7.87. The average Bonchev–Trinajstić information content (AvgIpc) is 2.94. The zero-order valence-corrected chi connectivity index (χ0v) is 25.2. The summed E-state index contributed by atoms with van der Waals surface area (Å²) in [5, 5.41) is 5.89. The van der Waals surface area contributed by atoms with Gasteiger partial charge < -0.3 is 25.0 Å². The summed E-state index contributed by atoms with van der Waals surface area (Å²) in [4.78, 5) is 22.9. The molecule has 2 heterocycles. The van der Waals surface area contributed by atoms with E-state index in [1.54, 1.807) is 37.3 Å². The number of anilines is 3. The second-order valence-corrected chi connectivity index (χ2v) is 12.6. The summed E-state index contributed by atoms with van der Waals surface area (Å²) in [6.45, 7) is 3.81. The Morgan fingerprint density at radius 3 is 2.51 bits per heavy atom. The van der Waals surface area contributed by atoms with E-state index in [-0.39, 0.29) is 35.9 Å². The van der Waals surface area contributed by atoms with Crippen LogP contribution in [-0.4, -0.2) is 76.9 Å². The zero-order valence-electron chi connectivity index (χ0n) is 24.4. The lowest BCUT2D eigenvalue weighted by molar-refractivity contribution is -0.139. The van der Waals surface area contributed by atoms with E-state index in [0.29, 0.717) is 23.1 Å². The van der Waals surface area contributed by atoms with E-state index < -0.39 is 27.3 Å². The predicted octanol–water partition coefficient (Wildman–Crippen LogP) is 4.95. The van der Waals surface area contributed by atoms with Crippen molar-refractivity contribution in [3.63, 3.8) is 0 Å². The smallest absolute Gasteiger partial charge is 0.423 e. The van der Waals surface area contributed by atoms with E-state index in [9.17, 15) is 22.2 Å². The summed E-state index contributed by atoms with van der Waals surface area (Å²) in [5.41, 5.74) is -0.210. The van der Waals surface area contributed by atoms with Crippen LogP contribution in [0.5, 0.6) is 17.4 Å². The lowest BCUT2D eigenvalue weighted by Gasteiger charge is -2.29. The summed E-state index contributed by atoms with van der Waals surface area (Å²) in [5.74, 6) is 2.76. The highest BCUT2D eigenvalue weighted by molar-refractivity contribution is 8.00. The van der Waals surface area contributed by atoms with Gasteiger partial charge >= 0.3 is 6.18 Å². The monoisotopic (exact) mass is 620 g/mol. The summed E-state index contributed by atoms with van der Waals surface area (Å²) < 4.78 is 67.2. The number of piperidine rings is 1. The van der Waals surface area contributed by atoms with Crippen LogP contribution in [0.3, 0.4) is 0 Å². The highest BCUT2D eigenvalue weighted by atomic mass is 32.2. The molecule has 232 valence electrons. The van der Waals surface area contributed by atoms with E-state index in [2.05, 4.69) is 31.4 Å². The Balaban J connectivity index is 1.62. The average molecular weight is 621 g/mol. The molecule has 3 aromatic rings. The van der Waals surface area contributed by atoms with Gasteiger partial charge in [-0.2, -0.15) is 18.2 Å². The normalized spacial score (nSPS) is 15.8. The van der Waals surface area contributed by atoms with Crippen molar-refractivity contribution in [3.05, 3.63) is 59.8 Å². The van der Waals surface area contributed by atoms with E-state index in [1.165, 1.54) is 29.8 Å². The molecule has 1 aromatic heterocycles. The standard InChI is InChI=1S/C29H35F3N6O4S/c1-6-38(43(4,5)40)23-9-7-8-10-24(23)42-27-21(29(30,31)32)18-33-28(36-27)35-22-12-11-19(17-25(22)41-3)26(39)34-20-13-15-37(2)16-14-20/h7-12,17-18,20H,4,6,13-16H2,1-3,5H3,(H,34,39)(H,33,35,36). The number of likely N-dealkylation sites (tertiary alicyclic amines) is 1. The maximum absolute atomic E-state index is 13.9. The number of methoxy groups -OCH3 is 1. The van der Waals surface area contributed by atoms with Gasteiger partial charge in [-0.3, -0.25) is 9.10 Å². The number of aromatic nitrogens is 2. The van der Waals surface area contributed by atoms with Crippen molar-refractivity contribution in [1.29, 1.82) is 0 Å². The van der Waals surface area contributed by atoms with Crippen molar-refractivity contribution in [1.82, 2.24) is 20.2 Å². The van der Waals surface area contributed by atoms with Crippen molar-refractivity contribution in [2.24, 2.45) is 0 Å². The molecule has 10 nitrogen and oxygen atoms in total. The molecule has 1 aliphatic rings. The van der Waals surface area contributed by atoms with E-state index in [1.807, 2.05) is 7.05 Å². The number of alkyl halides is 3. The highest BCUT2D eigenvalue weighted by Gasteiger charge is 2.37. The molecule has 0 bridgehead atoms. The van der Waals surface area contributed by atoms with Gasteiger partial charge in [0, 0.05) is 40.3 Å². The molecule has 2 N–H and O–H groups in total. The van der Waals surface area contributed by atoms with Crippen LogP contribution in [0.25, 0.3) is 0 Å². The third-order valence-corrected chi connectivity index (χ3v) is 8.30. The van der Waals surface area contributed by atoms with Gasteiger partial charge in [-0.05, 0) is 76.1 Å². The van der Waals surface area contributed by atoms with Gasteiger partial charge in [0.25, 0.3) is 5.91 Å². The van der Waals surface area contributed by atoms with Crippen LogP contribution in [-0.2, 0) is 15.9 Å². The number of para-hydroxylation sites is 2. The van der Waals surface area contributed by atoms with Crippen LogP contribution < -0.4 is 24.4 Å². The first-order chi connectivity index (χ1) is 20.3. The maximum atomic E-state index is 13.9. The molecule has 2 aromatic carbocycles. The third-order valence-electron chi connectivity index (χ3n) is 6.92. The summed E-state index contributed by atoms with van der Waals surface area (Å²) in [6, 6.07) is 11.0. The van der Waals surface area contributed by atoms with Gasteiger partial charge in [0.05, 0.1) is 18.5 Å². The van der Waals surface area contributed by atoms with Crippen LogP contribution in [0.15, 0.2) is 48.7 Å². The molecule has 43 heavy (non-hydrogen) atoms. The largest absolute Gasteiger partial charge is 0.495 e. The second kappa shape index (κ2) is 13.1. The molecule has 1 atom stereocenters. The fourth-order valence-corrected chi connectivity index (χ4v) is 5.79. The van der Waals surface area contributed by atoms with Gasteiger partial charge in [-0.25, -0.2) is 9.19 Å². The van der Waals surface area contributed by atoms with Crippen molar-refractivity contribution < 1.29 is 31.6 Å². The molecule has 1 fully saturated rings. The van der Waals surface area contributed by atoms with Gasteiger partial charge in [-0.15, -0.1) is 0 Å². The summed E-state index contributed by atoms with van der Waals surface area (Å²) >= 11 is 0. The van der Waals surface area contributed by atoms with Crippen LogP contribution in [0, 0.1) is 0 Å². The minimum atomic E-state index is -4.82. The molecule has 14 heteroatoms. The Kier molecular flexibility index (Phi) is 9.70. The van der Waals surface area contributed by atoms with Crippen LogP contribution in [0.1, 0.15) is 35.7 Å². The SMILES string of the molecule is C=S(C)(=O)N(CC)c1ccccc1Oc1nc(Nc2ccc(C(=O)NC3CCN(C)CC3)cc2OC)ncc1C(F)(F)F. The van der Waals surface area contributed by atoms with Gasteiger partial charge in [0.1, 0.15) is 11.3 Å². The van der Waals surface area contributed by atoms with Gasteiger partial charge in [-0.1, -0.05) is 12.1 Å². The number of benzene rings is 2. The molecule has 4 rings (SSSR count). The number of halogens is 3. The molecular formula is C29H35F3N6O4S. The molecule has 0 saturated carbocycles. The molecule has 0 aliphatic carbocycles. The minimum Gasteiger partial charge on any atom is -0.495 e. The number of hydrogen-bond donors (Lipinski definition) is 2. The van der Waals surface area contributed by atoms with Crippen LogP contribution in [0.2, 0.25) is 0 Å². The van der Waals surface area contributed by atoms with Crippen molar-refractivity contribution in [2.75, 3.05) is 49.7 Å². The Morgan fingerprint density at radius 1 is 1.19 bits per heavy atom. The number of amides is 1. The van der Waals surface area contributed by atoms with Crippen molar-refractivity contribution in [2.45, 2.75) is 32.0 Å². The topological polar surface area (TPSA) is 109 Å². The lowest BCUT2D eigenvalue weighted by atomic mass is 10.0. The Morgan fingerprint density at radius 2 is 1.88 bits per heavy atom. The number of nitrogens with zero attached hydrogens (tertiary/aromatic N) is 4. The van der Waals surface area contributed by atoms with Crippen molar-refractivity contribution >= 4 is 38.8 Å². The Hall–Kier alpha value is -4.04. The molecular weight excluding hydrogens is 585 g/mol. The first-order valence-corrected chi connectivity index (χ1v) is 15.6. The van der Waals surface area contributed by atoms with E-state index >= 15 is 0 Å². The molecule has 0 radical (unpaired) electrons. The number of hydrogen-bond acceptors (Lipinski definition) is 8. The first kappa shape index (κ1) is 31.9. The Bertz CT molecular complexity index is 1560. The number of rotatable bonds is 10. The minimum absolute atomic E-state index is 0.00952. The van der Waals surface area contributed by atoms with E-state index in [4.69, 9.17) is 9.47 Å². The lowest BCUT2D eigenvalue weighted by Crippen LogP contribution is -2.43. The fourth-order valence-electron chi connectivity index (χ4n) is 4.68. The van der Waals surface area contributed by atoms with Crippen LogP contribution >= 0.6 is 0 Å². The predicted molar refractivity (Wildman–Crippen MR) is 162 cm³/mol. The number of carbonyl (C=O) groups is 1. The fraction of sp³-hybridized carbons (Fsp3) is 0.379. The van der Waals surface area contributed by atoms with Gasteiger partial charge in [0.2, 0.25) is 11.8 Å². The summed E-state index contributed by atoms with van der Waals surface area (Å²) in [7, 11) is 0.691. The van der Waals surface area contributed by atoms with Crippen molar-refractivity contribution in [3.8, 4) is 17.4 Å². The number of ether oxygens (including phenoxy) is 2. The van der Waals surface area contributed by atoms with Crippen LogP contribution in [0.4, 0.5) is 30.5 Å². The first-order valence-electron chi connectivity index (χ1n) is 13.6. The zero-order chi connectivity index (χ0) is 31.4. The number of carbonyl (C=O) groups excluding carboxylic acids is 1. The maximum Gasteiger partial charge on any atom is 0.423 e. The quantitative estimate of drug-likeness (QED) is 0.307. The van der Waals surface area contributed by atoms with Gasteiger partial charge in [0.15, 0.2) is 5.75 Å². The number of nitrogens with one attached hydrogen (secondary N) is 2. The Labute approximate surface area is 249 Å². The molecule has 1 unspecified atom stereocenters. The second-order valence-electron chi connectivity index (χ2n) is 10.2. The molecule has 0 spiro atoms.